The first-order valence-electron chi connectivity index (χ1n) is 6.12. The molecule has 2 aromatic heterocycles. The highest BCUT2D eigenvalue weighted by atomic mass is 35.5. The summed E-state index contributed by atoms with van der Waals surface area (Å²) < 4.78 is 1.89. The zero-order valence-electron chi connectivity index (χ0n) is 10.5. The van der Waals surface area contributed by atoms with E-state index in [1.807, 2.05) is 47.1 Å². The molecule has 0 fully saturated rings. The lowest BCUT2D eigenvalue weighted by atomic mass is 10.2. The first-order chi connectivity index (χ1) is 9.74. The number of hydrogen-bond donors (Lipinski definition) is 1. The van der Waals surface area contributed by atoms with Crippen LogP contribution in [0.15, 0.2) is 48.8 Å². The number of hydrogen-bond acceptors (Lipinski definition) is 3. The second-order valence-corrected chi connectivity index (χ2v) is 4.83. The van der Waals surface area contributed by atoms with Crippen LogP contribution >= 0.6 is 11.6 Å². The van der Waals surface area contributed by atoms with Gasteiger partial charge in [-0.2, -0.15) is 5.26 Å². The van der Waals surface area contributed by atoms with Gasteiger partial charge in [0.05, 0.1) is 28.9 Å². The Morgan fingerprint density at radius 3 is 3.00 bits per heavy atom. The number of nitrogens with zero attached hydrogens (tertiary/aromatic N) is 3. The average Bonchev–Trinajstić information content (AvgIpc) is 2.87. The summed E-state index contributed by atoms with van der Waals surface area (Å²) in [5, 5.41) is 12.8. The van der Waals surface area contributed by atoms with Crippen LogP contribution in [0.3, 0.4) is 0 Å². The number of nitriles is 1. The van der Waals surface area contributed by atoms with E-state index in [4.69, 9.17) is 16.9 Å². The third kappa shape index (κ3) is 2.58. The number of imidazole rings is 1. The van der Waals surface area contributed by atoms with Crippen LogP contribution < -0.4 is 5.32 Å². The van der Waals surface area contributed by atoms with Gasteiger partial charge < -0.3 is 9.72 Å². The van der Waals surface area contributed by atoms with Gasteiger partial charge in [-0.3, -0.25) is 0 Å². The van der Waals surface area contributed by atoms with Gasteiger partial charge in [0.1, 0.15) is 5.65 Å². The Kier molecular flexibility index (Phi) is 3.28. The van der Waals surface area contributed by atoms with E-state index >= 15 is 0 Å². The van der Waals surface area contributed by atoms with Crippen LogP contribution in [-0.4, -0.2) is 9.38 Å². The molecule has 0 aliphatic carbocycles. The van der Waals surface area contributed by atoms with Crippen molar-refractivity contribution in [3.8, 4) is 6.07 Å². The molecule has 5 heteroatoms. The van der Waals surface area contributed by atoms with Gasteiger partial charge >= 0.3 is 0 Å². The van der Waals surface area contributed by atoms with Crippen molar-refractivity contribution >= 4 is 22.9 Å². The summed E-state index contributed by atoms with van der Waals surface area (Å²) >= 11 is 5.94. The van der Waals surface area contributed by atoms with Crippen molar-refractivity contribution < 1.29 is 0 Å². The summed E-state index contributed by atoms with van der Waals surface area (Å²) in [5.41, 5.74) is 3.31. The molecular formula is C15H11ClN4. The highest BCUT2D eigenvalue weighted by molar-refractivity contribution is 6.30. The molecule has 4 nitrogen and oxygen atoms in total. The van der Waals surface area contributed by atoms with Crippen LogP contribution in [0.2, 0.25) is 5.02 Å². The van der Waals surface area contributed by atoms with Crippen LogP contribution in [0, 0.1) is 11.3 Å². The van der Waals surface area contributed by atoms with E-state index in [-0.39, 0.29) is 0 Å². The van der Waals surface area contributed by atoms with Crippen LogP contribution in [0.5, 0.6) is 0 Å². The molecule has 20 heavy (non-hydrogen) atoms. The second-order valence-electron chi connectivity index (χ2n) is 4.39. The quantitative estimate of drug-likeness (QED) is 0.800. The average molecular weight is 283 g/mol. The van der Waals surface area contributed by atoms with Gasteiger partial charge in [0.2, 0.25) is 0 Å². The molecule has 0 amide bonds. The van der Waals surface area contributed by atoms with Gasteiger partial charge in [-0.1, -0.05) is 17.7 Å². The molecule has 0 aliphatic rings. The molecule has 0 aliphatic heterocycles. The minimum absolute atomic E-state index is 0.591. The summed E-state index contributed by atoms with van der Waals surface area (Å²) in [7, 11) is 0. The molecule has 0 saturated heterocycles. The van der Waals surface area contributed by atoms with Crippen molar-refractivity contribution in [3.05, 3.63) is 65.1 Å². The molecule has 2 heterocycles. The Labute approximate surface area is 121 Å². The predicted octanol–water partition coefficient (Wildman–Crippen LogP) is 3.47. The largest absolute Gasteiger partial charge is 0.379 e. The Morgan fingerprint density at radius 1 is 1.25 bits per heavy atom. The SMILES string of the molecule is N#Cc1cccc(NCc2cn3cc(Cl)ccc3n2)c1. The highest BCUT2D eigenvalue weighted by Crippen LogP contribution is 2.14. The van der Waals surface area contributed by atoms with Crippen molar-refractivity contribution in [2.24, 2.45) is 0 Å². The molecule has 0 saturated carbocycles. The molecule has 3 rings (SSSR count). The van der Waals surface area contributed by atoms with Crippen molar-refractivity contribution in [1.29, 1.82) is 5.26 Å². The van der Waals surface area contributed by atoms with Gasteiger partial charge in [-0.05, 0) is 30.3 Å². The zero-order chi connectivity index (χ0) is 13.9. The van der Waals surface area contributed by atoms with Gasteiger partial charge in [0.25, 0.3) is 0 Å². The fourth-order valence-electron chi connectivity index (χ4n) is 1.99. The summed E-state index contributed by atoms with van der Waals surface area (Å²) in [6.07, 6.45) is 3.76. The van der Waals surface area contributed by atoms with Gasteiger partial charge in [0, 0.05) is 18.1 Å². The normalized spacial score (nSPS) is 10.4. The molecule has 3 aromatic rings. The van der Waals surface area contributed by atoms with Gasteiger partial charge in [-0.15, -0.1) is 0 Å². The topological polar surface area (TPSA) is 53.1 Å². The highest BCUT2D eigenvalue weighted by Gasteiger charge is 2.02. The maximum absolute atomic E-state index is 8.86. The molecule has 0 unspecified atom stereocenters. The molecule has 1 N–H and O–H groups in total. The number of nitrogens with one attached hydrogen (secondary N) is 1. The third-order valence-electron chi connectivity index (χ3n) is 2.93. The Hall–Kier alpha value is -2.51. The van der Waals surface area contributed by atoms with Crippen molar-refractivity contribution in [2.45, 2.75) is 6.54 Å². The maximum Gasteiger partial charge on any atom is 0.137 e. The molecule has 0 spiro atoms. The molecule has 0 atom stereocenters. The Morgan fingerprint density at radius 2 is 2.15 bits per heavy atom. The minimum Gasteiger partial charge on any atom is -0.379 e. The Balaban J connectivity index is 1.78. The molecule has 98 valence electrons. The van der Waals surface area contributed by atoms with Gasteiger partial charge in [-0.25, -0.2) is 4.98 Å². The molecular weight excluding hydrogens is 272 g/mol. The van der Waals surface area contributed by atoms with E-state index < -0.39 is 0 Å². The smallest absolute Gasteiger partial charge is 0.137 e. The van der Waals surface area contributed by atoms with Crippen LogP contribution in [0.1, 0.15) is 11.3 Å². The summed E-state index contributed by atoms with van der Waals surface area (Å²) in [4.78, 5) is 4.49. The number of rotatable bonds is 3. The first kappa shape index (κ1) is 12.5. The number of aromatic nitrogens is 2. The summed E-state index contributed by atoms with van der Waals surface area (Å²) in [6.45, 7) is 0.591. The molecule has 0 bridgehead atoms. The van der Waals surface area contributed by atoms with E-state index in [2.05, 4.69) is 16.4 Å². The lowest BCUT2D eigenvalue weighted by Gasteiger charge is -2.03. The zero-order valence-corrected chi connectivity index (χ0v) is 11.3. The third-order valence-corrected chi connectivity index (χ3v) is 3.15. The monoisotopic (exact) mass is 282 g/mol. The fraction of sp³-hybridized carbons (Fsp3) is 0.0667. The number of halogens is 1. The lowest BCUT2D eigenvalue weighted by Crippen LogP contribution is -1.99. The van der Waals surface area contributed by atoms with E-state index in [0.29, 0.717) is 17.1 Å². The second kappa shape index (κ2) is 5.24. The number of anilines is 1. The Bertz CT molecular complexity index is 801. The van der Waals surface area contributed by atoms with Crippen molar-refractivity contribution in [3.63, 3.8) is 0 Å². The first-order valence-corrected chi connectivity index (χ1v) is 6.49. The van der Waals surface area contributed by atoms with E-state index in [9.17, 15) is 0 Å². The lowest BCUT2D eigenvalue weighted by molar-refractivity contribution is 1.08. The van der Waals surface area contributed by atoms with Crippen molar-refractivity contribution in [2.75, 3.05) is 5.32 Å². The minimum atomic E-state index is 0.591. The van der Waals surface area contributed by atoms with Gasteiger partial charge in [0.15, 0.2) is 0 Å². The number of pyridine rings is 1. The molecule has 1 aromatic carbocycles. The van der Waals surface area contributed by atoms with E-state index in [1.54, 1.807) is 6.07 Å². The number of benzene rings is 1. The van der Waals surface area contributed by atoms with E-state index in [0.717, 1.165) is 17.0 Å². The van der Waals surface area contributed by atoms with Crippen LogP contribution in [0.4, 0.5) is 5.69 Å². The standard InChI is InChI=1S/C15H11ClN4/c16-12-4-5-15-19-14(10-20(15)9-12)8-18-13-3-1-2-11(6-13)7-17/h1-6,9-10,18H,8H2. The van der Waals surface area contributed by atoms with Crippen LogP contribution in [-0.2, 0) is 6.54 Å². The summed E-state index contributed by atoms with van der Waals surface area (Å²) in [5.74, 6) is 0. The van der Waals surface area contributed by atoms with E-state index in [1.165, 1.54) is 0 Å². The predicted molar refractivity (Wildman–Crippen MR) is 78.7 cm³/mol. The maximum atomic E-state index is 8.86. The fourth-order valence-corrected chi connectivity index (χ4v) is 2.16. The molecule has 0 radical (unpaired) electrons. The summed E-state index contributed by atoms with van der Waals surface area (Å²) in [6, 6.07) is 13.2. The number of fused-ring (bicyclic) bond motifs is 1. The van der Waals surface area contributed by atoms with Crippen molar-refractivity contribution in [1.82, 2.24) is 9.38 Å². The van der Waals surface area contributed by atoms with Crippen LogP contribution in [0.25, 0.3) is 5.65 Å².